The second-order valence-corrected chi connectivity index (χ2v) is 5.99. The first-order valence-corrected chi connectivity index (χ1v) is 7.98. The van der Waals surface area contributed by atoms with Gasteiger partial charge in [-0.1, -0.05) is 17.7 Å². The number of hydrogen-bond acceptors (Lipinski definition) is 3. The van der Waals surface area contributed by atoms with Gasteiger partial charge in [0.15, 0.2) is 6.61 Å². The van der Waals surface area contributed by atoms with Gasteiger partial charge >= 0.3 is 0 Å². The molecule has 1 aliphatic rings. The van der Waals surface area contributed by atoms with Crippen LogP contribution in [0.15, 0.2) is 42.5 Å². The fourth-order valence-corrected chi connectivity index (χ4v) is 2.62. The number of fused-ring (bicyclic) bond motifs is 1. The minimum absolute atomic E-state index is 0.0694. The maximum absolute atomic E-state index is 12.0. The number of carbonyl (C=O) groups is 2. The van der Waals surface area contributed by atoms with Crippen molar-refractivity contribution in [2.45, 2.75) is 6.42 Å². The summed E-state index contributed by atoms with van der Waals surface area (Å²) in [6, 6.07) is 12.5. The van der Waals surface area contributed by atoms with Gasteiger partial charge in [0.2, 0.25) is 0 Å². The Morgan fingerprint density at radius 2 is 2.00 bits per heavy atom. The topological polar surface area (TPSA) is 58.6 Å². The lowest BCUT2D eigenvalue weighted by atomic mass is 10.1. The van der Waals surface area contributed by atoms with E-state index in [0.29, 0.717) is 29.3 Å². The molecule has 0 aromatic heterocycles. The SMILES string of the molecule is CN1C(=O)COc2ccc(CCNC(=O)c3ccc(Cl)cc3)cc21. The van der Waals surface area contributed by atoms with E-state index in [-0.39, 0.29) is 18.4 Å². The number of ether oxygens (including phenoxy) is 1. The lowest BCUT2D eigenvalue weighted by molar-refractivity contribution is -0.120. The van der Waals surface area contributed by atoms with Crippen molar-refractivity contribution in [1.82, 2.24) is 5.32 Å². The second-order valence-electron chi connectivity index (χ2n) is 5.56. The van der Waals surface area contributed by atoms with Crippen molar-refractivity contribution >= 4 is 29.1 Å². The standard InChI is InChI=1S/C18H17ClN2O3/c1-21-15-10-12(2-7-16(15)24-11-17(21)22)8-9-20-18(23)13-3-5-14(19)6-4-13/h2-7,10H,8-9,11H2,1H3,(H,20,23). The summed E-state index contributed by atoms with van der Waals surface area (Å²) >= 11 is 5.81. The van der Waals surface area contributed by atoms with Crippen LogP contribution in [-0.2, 0) is 11.2 Å². The Balaban J connectivity index is 1.60. The minimum atomic E-state index is -0.139. The maximum atomic E-state index is 12.0. The van der Waals surface area contributed by atoms with E-state index in [4.69, 9.17) is 16.3 Å². The number of likely N-dealkylation sites (N-methyl/N-ethyl adjacent to an activating group) is 1. The highest BCUT2D eigenvalue weighted by Crippen LogP contribution is 2.31. The van der Waals surface area contributed by atoms with E-state index in [9.17, 15) is 9.59 Å². The van der Waals surface area contributed by atoms with Crippen LogP contribution in [0.3, 0.4) is 0 Å². The molecule has 124 valence electrons. The average Bonchev–Trinajstić information content (AvgIpc) is 2.59. The Labute approximate surface area is 145 Å². The van der Waals surface area contributed by atoms with Crippen LogP contribution in [0.1, 0.15) is 15.9 Å². The summed E-state index contributed by atoms with van der Waals surface area (Å²) in [6.45, 7) is 0.568. The number of rotatable bonds is 4. The van der Waals surface area contributed by atoms with E-state index in [2.05, 4.69) is 5.32 Å². The molecule has 0 saturated carbocycles. The third-order valence-corrected chi connectivity index (χ3v) is 4.17. The highest BCUT2D eigenvalue weighted by Gasteiger charge is 2.22. The molecule has 5 nitrogen and oxygen atoms in total. The summed E-state index contributed by atoms with van der Waals surface area (Å²) in [4.78, 5) is 25.3. The van der Waals surface area contributed by atoms with Gasteiger partial charge in [0, 0.05) is 24.2 Å². The molecule has 0 saturated heterocycles. The van der Waals surface area contributed by atoms with Gasteiger partial charge in [-0.05, 0) is 48.4 Å². The first-order chi connectivity index (χ1) is 11.5. The fraction of sp³-hybridized carbons (Fsp3) is 0.222. The lowest BCUT2D eigenvalue weighted by Crippen LogP contribution is -2.35. The lowest BCUT2D eigenvalue weighted by Gasteiger charge is -2.26. The van der Waals surface area contributed by atoms with Crippen molar-refractivity contribution in [3.05, 3.63) is 58.6 Å². The predicted octanol–water partition coefficient (Wildman–Crippen LogP) is 2.67. The zero-order valence-electron chi connectivity index (χ0n) is 13.2. The molecule has 0 unspecified atom stereocenters. The van der Waals surface area contributed by atoms with Crippen molar-refractivity contribution in [3.63, 3.8) is 0 Å². The van der Waals surface area contributed by atoms with E-state index >= 15 is 0 Å². The third-order valence-electron chi connectivity index (χ3n) is 3.92. The highest BCUT2D eigenvalue weighted by molar-refractivity contribution is 6.30. The maximum Gasteiger partial charge on any atom is 0.264 e. The largest absolute Gasteiger partial charge is 0.482 e. The van der Waals surface area contributed by atoms with Gasteiger partial charge in [-0.15, -0.1) is 0 Å². The van der Waals surface area contributed by atoms with Gasteiger partial charge in [-0.2, -0.15) is 0 Å². The van der Waals surface area contributed by atoms with Gasteiger partial charge in [-0.3, -0.25) is 9.59 Å². The molecule has 0 radical (unpaired) electrons. The molecule has 0 atom stereocenters. The van der Waals surface area contributed by atoms with E-state index in [1.807, 2.05) is 18.2 Å². The van der Waals surface area contributed by atoms with E-state index < -0.39 is 0 Å². The zero-order chi connectivity index (χ0) is 17.1. The number of anilines is 1. The summed E-state index contributed by atoms with van der Waals surface area (Å²) in [5.41, 5.74) is 2.35. The van der Waals surface area contributed by atoms with Gasteiger partial charge < -0.3 is 15.0 Å². The summed E-state index contributed by atoms with van der Waals surface area (Å²) in [5.74, 6) is 0.488. The molecule has 6 heteroatoms. The summed E-state index contributed by atoms with van der Waals surface area (Å²) in [7, 11) is 1.73. The van der Waals surface area contributed by atoms with Crippen molar-refractivity contribution in [2.24, 2.45) is 0 Å². The van der Waals surface area contributed by atoms with Gasteiger partial charge in [0.1, 0.15) is 5.75 Å². The Morgan fingerprint density at radius 1 is 1.25 bits per heavy atom. The minimum Gasteiger partial charge on any atom is -0.482 e. The number of nitrogens with one attached hydrogen (secondary N) is 1. The van der Waals surface area contributed by atoms with Gasteiger partial charge in [0.05, 0.1) is 5.69 Å². The van der Waals surface area contributed by atoms with Gasteiger partial charge in [-0.25, -0.2) is 0 Å². The van der Waals surface area contributed by atoms with E-state index in [1.54, 1.807) is 36.2 Å². The van der Waals surface area contributed by atoms with Crippen molar-refractivity contribution < 1.29 is 14.3 Å². The molecule has 0 spiro atoms. The smallest absolute Gasteiger partial charge is 0.264 e. The van der Waals surface area contributed by atoms with Crippen LogP contribution in [0.25, 0.3) is 0 Å². The Bertz CT molecular complexity index is 774. The molecule has 1 heterocycles. The van der Waals surface area contributed by atoms with Crippen LogP contribution < -0.4 is 15.0 Å². The van der Waals surface area contributed by atoms with Crippen LogP contribution >= 0.6 is 11.6 Å². The Morgan fingerprint density at radius 3 is 2.75 bits per heavy atom. The van der Waals surface area contributed by atoms with Crippen LogP contribution in [0.2, 0.25) is 5.02 Å². The first-order valence-electron chi connectivity index (χ1n) is 7.60. The average molecular weight is 345 g/mol. The van der Waals surface area contributed by atoms with Crippen LogP contribution in [0.5, 0.6) is 5.75 Å². The Hall–Kier alpha value is -2.53. The molecule has 3 rings (SSSR count). The molecule has 2 aromatic carbocycles. The second kappa shape index (κ2) is 6.93. The summed E-state index contributed by atoms with van der Waals surface area (Å²) in [5, 5.41) is 3.47. The molecule has 24 heavy (non-hydrogen) atoms. The zero-order valence-corrected chi connectivity index (χ0v) is 14.0. The normalized spacial score (nSPS) is 13.2. The number of hydrogen-bond donors (Lipinski definition) is 1. The van der Waals surface area contributed by atoms with Crippen LogP contribution in [0, 0.1) is 0 Å². The first kappa shape index (κ1) is 16.3. The molecule has 2 aromatic rings. The van der Waals surface area contributed by atoms with Crippen LogP contribution in [0.4, 0.5) is 5.69 Å². The molecule has 2 amide bonds. The number of nitrogens with zero attached hydrogens (tertiary/aromatic N) is 1. The van der Waals surface area contributed by atoms with Crippen molar-refractivity contribution in [2.75, 3.05) is 25.1 Å². The molecule has 0 fully saturated rings. The third kappa shape index (κ3) is 3.51. The molecule has 0 bridgehead atoms. The fourth-order valence-electron chi connectivity index (χ4n) is 2.50. The molecule has 1 aliphatic heterocycles. The number of halogens is 1. The number of amides is 2. The van der Waals surface area contributed by atoms with Crippen LogP contribution in [-0.4, -0.2) is 32.0 Å². The number of carbonyl (C=O) groups excluding carboxylic acids is 2. The summed E-state index contributed by atoms with van der Waals surface area (Å²) < 4.78 is 5.40. The number of benzene rings is 2. The highest BCUT2D eigenvalue weighted by atomic mass is 35.5. The molecule has 0 aliphatic carbocycles. The van der Waals surface area contributed by atoms with Crippen molar-refractivity contribution in [3.8, 4) is 5.75 Å². The van der Waals surface area contributed by atoms with E-state index in [1.165, 1.54) is 0 Å². The Kier molecular flexibility index (Phi) is 4.71. The predicted molar refractivity (Wildman–Crippen MR) is 92.8 cm³/mol. The van der Waals surface area contributed by atoms with E-state index in [0.717, 1.165) is 11.3 Å². The van der Waals surface area contributed by atoms with Crippen molar-refractivity contribution in [1.29, 1.82) is 0 Å². The monoisotopic (exact) mass is 344 g/mol. The molecular weight excluding hydrogens is 328 g/mol. The van der Waals surface area contributed by atoms with Gasteiger partial charge in [0.25, 0.3) is 11.8 Å². The molecular formula is C18H17ClN2O3. The summed E-state index contributed by atoms with van der Waals surface area (Å²) in [6.07, 6.45) is 0.661. The molecule has 1 N–H and O–H groups in total. The quantitative estimate of drug-likeness (QED) is 0.927.